The van der Waals surface area contributed by atoms with Gasteiger partial charge in [-0.3, -0.25) is 14.4 Å². The average molecular weight is 557 g/mol. The molecule has 6 saturated carbocycles. The van der Waals surface area contributed by atoms with E-state index in [1.807, 2.05) is 13.8 Å². The summed E-state index contributed by atoms with van der Waals surface area (Å²) in [6.07, 6.45) is 8.16. The molecule has 0 aromatic heterocycles. The number of Topliss-reactive ketones (excluding diaryl/α,β-unsaturated/α-hetero) is 1. The lowest BCUT2D eigenvalue weighted by atomic mass is 9.35. The van der Waals surface area contributed by atoms with Crippen molar-refractivity contribution in [3.63, 3.8) is 0 Å². The number of hydrogen-bond acceptors (Lipinski definition) is 7. The summed E-state index contributed by atoms with van der Waals surface area (Å²) in [6.45, 7) is 13.4. The fourth-order valence-electron chi connectivity index (χ4n) is 13.2. The monoisotopic (exact) mass is 556 g/mol. The van der Waals surface area contributed by atoms with Crippen LogP contribution in [0.25, 0.3) is 0 Å². The number of hydrogen-bond donors (Lipinski definition) is 1. The second-order valence-electron chi connectivity index (χ2n) is 16.5. The van der Waals surface area contributed by atoms with Gasteiger partial charge in [0.05, 0.1) is 17.8 Å². The summed E-state index contributed by atoms with van der Waals surface area (Å²) >= 11 is 0. The van der Waals surface area contributed by atoms with Gasteiger partial charge in [-0.1, -0.05) is 20.8 Å². The Kier molecular flexibility index (Phi) is 5.28. The highest BCUT2D eigenvalue weighted by Crippen LogP contribution is 2.91. The van der Waals surface area contributed by atoms with Crippen molar-refractivity contribution in [3.05, 3.63) is 0 Å². The van der Waals surface area contributed by atoms with Gasteiger partial charge in [0.25, 0.3) is 0 Å². The van der Waals surface area contributed by atoms with Crippen LogP contribution in [0.4, 0.5) is 0 Å². The smallest absolute Gasteiger partial charge is 0.303 e. The molecule has 0 bridgehead atoms. The van der Waals surface area contributed by atoms with Crippen molar-refractivity contribution in [1.29, 1.82) is 0 Å². The van der Waals surface area contributed by atoms with Gasteiger partial charge in [-0.2, -0.15) is 0 Å². The first-order valence-corrected chi connectivity index (χ1v) is 15.8. The van der Waals surface area contributed by atoms with Crippen molar-refractivity contribution in [2.75, 3.05) is 0 Å². The van der Waals surface area contributed by atoms with Crippen molar-refractivity contribution in [2.45, 2.75) is 142 Å². The molecule has 0 aromatic carbocycles. The molecule has 7 rings (SSSR count). The van der Waals surface area contributed by atoms with Crippen LogP contribution in [0.15, 0.2) is 0 Å². The number of carbonyl (C=O) groups excluding carboxylic acids is 3. The minimum Gasteiger partial charge on any atom is -0.462 e. The number of ketones is 1. The molecule has 7 fully saturated rings. The van der Waals surface area contributed by atoms with Crippen LogP contribution in [-0.4, -0.2) is 52.3 Å². The van der Waals surface area contributed by atoms with Crippen molar-refractivity contribution >= 4 is 17.7 Å². The summed E-state index contributed by atoms with van der Waals surface area (Å²) in [4.78, 5) is 37.3. The lowest BCUT2D eigenvalue weighted by Crippen LogP contribution is -2.70. The Morgan fingerprint density at radius 1 is 0.950 bits per heavy atom. The molecule has 7 nitrogen and oxygen atoms in total. The van der Waals surface area contributed by atoms with Gasteiger partial charge in [0.15, 0.2) is 0 Å². The standard InChI is InChI=1S/C33H48O7/c1-18(34)38-21-15-29(7)22-14-20(36)25-27(3,4)23(37)8-10-32(25)16-30(22,32)12-13-31(29)17-33(26(21)31)11-9-24(40-33)28(5,6)39-19(2)35/h20-22,24-26,36H,8-17H2,1-7H3/t20-,21-,22-,24-,25-,26-,29-,30-,31-,32+,33-/m0/s1. The number of carbonyl (C=O) groups is 3. The third-order valence-electron chi connectivity index (χ3n) is 14.3. The van der Waals surface area contributed by atoms with Crippen LogP contribution in [0.3, 0.4) is 0 Å². The van der Waals surface area contributed by atoms with Gasteiger partial charge in [-0.25, -0.2) is 0 Å². The van der Waals surface area contributed by atoms with Gasteiger partial charge in [0.2, 0.25) is 0 Å². The van der Waals surface area contributed by atoms with Crippen LogP contribution in [0, 0.1) is 44.8 Å². The molecule has 1 N–H and O–H groups in total. The quantitative estimate of drug-likeness (QED) is 0.480. The van der Waals surface area contributed by atoms with E-state index < -0.39 is 17.1 Å². The predicted molar refractivity (Wildman–Crippen MR) is 146 cm³/mol. The first kappa shape index (κ1) is 27.4. The SMILES string of the molecule is CC(=O)O[C@H]1C[C@@]2(C)[C@@H]3C[C@H](O)[C@H]4C(C)(C)C(=O)CC[C@@]45C[C@@]35CC[C@@]23C[C@@]2(CC[C@@H](C(C)(C)OC(C)=O)O2)[C@@H]13. The topological polar surface area (TPSA) is 99.1 Å². The van der Waals surface area contributed by atoms with E-state index in [9.17, 15) is 19.5 Å². The van der Waals surface area contributed by atoms with Crippen molar-refractivity contribution in [1.82, 2.24) is 0 Å². The van der Waals surface area contributed by atoms with Gasteiger partial charge in [-0.05, 0) is 99.2 Å². The largest absolute Gasteiger partial charge is 0.462 e. The molecule has 7 aliphatic rings. The van der Waals surface area contributed by atoms with E-state index in [-0.39, 0.29) is 63.2 Å². The van der Waals surface area contributed by atoms with Crippen LogP contribution in [0.5, 0.6) is 0 Å². The Balaban J connectivity index is 1.24. The molecule has 222 valence electrons. The first-order chi connectivity index (χ1) is 18.5. The number of ether oxygens (including phenoxy) is 3. The fourth-order valence-corrected chi connectivity index (χ4v) is 13.2. The summed E-state index contributed by atoms with van der Waals surface area (Å²) in [7, 11) is 0. The molecule has 11 atom stereocenters. The zero-order valence-electron chi connectivity index (χ0n) is 25.4. The van der Waals surface area contributed by atoms with E-state index in [0.29, 0.717) is 18.1 Å². The maximum Gasteiger partial charge on any atom is 0.303 e. The highest BCUT2D eigenvalue weighted by Gasteiger charge is 2.88. The normalized spacial score (nSPS) is 53.4. The third-order valence-corrected chi connectivity index (χ3v) is 14.3. The Bertz CT molecular complexity index is 1190. The molecule has 40 heavy (non-hydrogen) atoms. The van der Waals surface area contributed by atoms with E-state index >= 15 is 0 Å². The minimum atomic E-state index is -0.721. The lowest BCUT2D eigenvalue weighted by molar-refractivity contribution is -0.290. The molecular formula is C33H48O7. The molecular weight excluding hydrogens is 508 g/mol. The molecule has 0 unspecified atom stereocenters. The average Bonchev–Trinajstić information content (AvgIpc) is 3.10. The summed E-state index contributed by atoms with van der Waals surface area (Å²) < 4.78 is 18.8. The van der Waals surface area contributed by atoms with Crippen LogP contribution in [-0.2, 0) is 28.6 Å². The molecule has 1 saturated heterocycles. The van der Waals surface area contributed by atoms with Gasteiger partial charge in [0, 0.05) is 37.5 Å². The van der Waals surface area contributed by atoms with E-state index in [1.165, 1.54) is 13.8 Å². The summed E-state index contributed by atoms with van der Waals surface area (Å²) in [5.41, 5.74) is -1.43. The molecule has 1 heterocycles. The number of aliphatic hydroxyl groups is 1. The molecule has 4 spiro atoms. The Labute approximate surface area is 238 Å². The zero-order valence-corrected chi connectivity index (χ0v) is 25.4. The van der Waals surface area contributed by atoms with Crippen LogP contribution >= 0.6 is 0 Å². The maximum absolute atomic E-state index is 13.0. The van der Waals surface area contributed by atoms with Gasteiger partial charge in [-0.15, -0.1) is 0 Å². The minimum absolute atomic E-state index is 0.000159. The highest BCUT2D eigenvalue weighted by atomic mass is 16.6. The molecule has 6 aliphatic carbocycles. The predicted octanol–water partition coefficient (Wildman–Crippen LogP) is 5.15. The zero-order chi connectivity index (χ0) is 28.9. The second-order valence-corrected chi connectivity index (χ2v) is 16.5. The van der Waals surface area contributed by atoms with Crippen molar-refractivity contribution in [3.8, 4) is 0 Å². The highest BCUT2D eigenvalue weighted by molar-refractivity contribution is 5.86. The molecule has 7 heteroatoms. The van der Waals surface area contributed by atoms with Gasteiger partial charge in [0.1, 0.15) is 17.5 Å². The van der Waals surface area contributed by atoms with Crippen molar-refractivity contribution < 1.29 is 33.7 Å². The number of rotatable bonds is 3. The molecule has 0 amide bonds. The van der Waals surface area contributed by atoms with Crippen LogP contribution in [0.2, 0.25) is 0 Å². The Morgan fingerprint density at radius 3 is 2.33 bits per heavy atom. The Morgan fingerprint density at radius 2 is 1.65 bits per heavy atom. The molecule has 0 aromatic rings. The van der Waals surface area contributed by atoms with Crippen LogP contribution in [0.1, 0.15) is 113 Å². The lowest BCUT2D eigenvalue weighted by Gasteiger charge is -2.70. The number of aliphatic hydroxyl groups excluding tert-OH is 1. The number of fused-ring (bicyclic) bond motifs is 2. The number of esters is 2. The van der Waals surface area contributed by atoms with E-state index in [4.69, 9.17) is 14.2 Å². The van der Waals surface area contributed by atoms with Gasteiger partial charge < -0.3 is 19.3 Å². The second kappa shape index (κ2) is 7.72. The molecule has 0 radical (unpaired) electrons. The van der Waals surface area contributed by atoms with E-state index in [1.54, 1.807) is 0 Å². The fraction of sp³-hybridized carbons (Fsp3) is 0.909. The Hall–Kier alpha value is -1.47. The third kappa shape index (κ3) is 2.97. The van der Waals surface area contributed by atoms with Crippen LogP contribution < -0.4 is 0 Å². The van der Waals surface area contributed by atoms with Gasteiger partial charge >= 0.3 is 11.9 Å². The summed E-state index contributed by atoms with van der Waals surface area (Å²) in [5, 5.41) is 11.8. The van der Waals surface area contributed by atoms with E-state index in [0.717, 1.165) is 57.8 Å². The summed E-state index contributed by atoms with van der Waals surface area (Å²) in [6, 6.07) is 0. The summed E-state index contributed by atoms with van der Waals surface area (Å²) in [5.74, 6) is 0.253. The molecule has 1 aliphatic heterocycles. The first-order valence-electron chi connectivity index (χ1n) is 15.8. The van der Waals surface area contributed by atoms with Crippen molar-refractivity contribution in [2.24, 2.45) is 44.8 Å². The van der Waals surface area contributed by atoms with E-state index in [2.05, 4.69) is 20.8 Å². The maximum atomic E-state index is 13.0.